The molecule has 1 N–H and O–H groups in total. The van der Waals surface area contributed by atoms with Crippen LogP contribution in [0.5, 0.6) is 5.19 Å². The van der Waals surface area contributed by atoms with E-state index in [1.807, 2.05) is 53.8 Å². The van der Waals surface area contributed by atoms with Crippen molar-refractivity contribution in [2.75, 3.05) is 30.4 Å². The summed E-state index contributed by atoms with van der Waals surface area (Å²) in [5.41, 5.74) is 2.81. The van der Waals surface area contributed by atoms with Gasteiger partial charge in [-0.05, 0) is 58.9 Å². The van der Waals surface area contributed by atoms with E-state index in [2.05, 4.69) is 25.3 Å². The summed E-state index contributed by atoms with van der Waals surface area (Å²) in [6.45, 7) is 10.9. The van der Waals surface area contributed by atoms with Crippen molar-refractivity contribution in [2.24, 2.45) is 7.05 Å². The highest BCUT2D eigenvalue weighted by atomic mass is 32.1. The van der Waals surface area contributed by atoms with E-state index in [1.54, 1.807) is 35.0 Å². The molecule has 1 aliphatic heterocycles. The number of piperazine rings is 1. The summed E-state index contributed by atoms with van der Waals surface area (Å²) in [6, 6.07) is 7.11. The number of methoxy groups -OCH3 is 1. The summed E-state index contributed by atoms with van der Waals surface area (Å²) in [6.07, 6.45) is 1.49. The summed E-state index contributed by atoms with van der Waals surface area (Å²) in [4.78, 5) is 39.4. The quantitative estimate of drug-likeness (QED) is 0.389. The number of nitrogens with one attached hydrogen (secondary N) is 1. The van der Waals surface area contributed by atoms with Crippen LogP contribution in [0.25, 0.3) is 21.3 Å². The highest BCUT2D eigenvalue weighted by Gasteiger charge is 2.36. The Morgan fingerprint density at radius 1 is 1.05 bits per heavy atom. The van der Waals surface area contributed by atoms with Crippen LogP contribution in [-0.2, 0) is 11.8 Å². The van der Waals surface area contributed by atoms with Crippen LogP contribution in [0.15, 0.2) is 30.5 Å². The highest BCUT2D eigenvalue weighted by Crippen LogP contribution is 2.39. The fourth-order valence-electron chi connectivity index (χ4n) is 4.96. The van der Waals surface area contributed by atoms with Gasteiger partial charge in [-0.25, -0.2) is 14.8 Å². The first-order valence-corrected chi connectivity index (χ1v) is 13.6. The van der Waals surface area contributed by atoms with E-state index in [9.17, 15) is 9.59 Å². The van der Waals surface area contributed by atoms with E-state index in [-0.39, 0.29) is 24.1 Å². The second kappa shape index (κ2) is 9.99. The molecule has 2 atom stereocenters. The normalized spacial score (nSPS) is 18.0. The fourth-order valence-corrected chi connectivity index (χ4v) is 5.91. The number of nitrogens with zero attached hydrogens (tertiary/aromatic N) is 6. The monoisotopic (exact) mass is 551 g/mol. The van der Waals surface area contributed by atoms with Crippen LogP contribution in [-0.4, -0.2) is 74.5 Å². The van der Waals surface area contributed by atoms with E-state index in [0.717, 1.165) is 15.9 Å². The Morgan fingerprint density at radius 2 is 1.77 bits per heavy atom. The zero-order valence-corrected chi connectivity index (χ0v) is 24.0. The standard InChI is InChI=1S/C27H33N7O4S/c1-15-12-33(13-16(2)34(15)26(36)38-27(3,4)5)20-10-8-17(22-23(20)39-25(30-22)37-7)24(35)29-21-11-9-18-19(28-21)14-32(6)31-18/h8-11,14-16H,12-13H2,1-7H3,(H,28,29,35)/t15-,16-/m0/s1. The van der Waals surface area contributed by atoms with Crippen molar-refractivity contribution in [1.82, 2.24) is 24.6 Å². The first-order valence-electron chi connectivity index (χ1n) is 12.8. The summed E-state index contributed by atoms with van der Waals surface area (Å²) < 4.78 is 13.6. The van der Waals surface area contributed by atoms with Crippen molar-refractivity contribution < 1.29 is 19.1 Å². The molecular weight excluding hydrogens is 518 g/mol. The molecule has 2 amide bonds. The summed E-state index contributed by atoms with van der Waals surface area (Å²) in [5.74, 6) is 0.118. The second-order valence-electron chi connectivity index (χ2n) is 10.8. The summed E-state index contributed by atoms with van der Waals surface area (Å²) in [7, 11) is 3.39. The van der Waals surface area contributed by atoms with Crippen molar-refractivity contribution in [3.63, 3.8) is 0 Å². The molecule has 0 spiro atoms. The summed E-state index contributed by atoms with van der Waals surface area (Å²) >= 11 is 1.39. The van der Waals surface area contributed by atoms with Gasteiger partial charge in [0, 0.05) is 20.1 Å². The van der Waals surface area contributed by atoms with Gasteiger partial charge in [0.1, 0.15) is 28.0 Å². The lowest BCUT2D eigenvalue weighted by Crippen LogP contribution is -2.59. The lowest BCUT2D eigenvalue weighted by atomic mass is 10.1. The van der Waals surface area contributed by atoms with E-state index in [1.165, 1.54) is 11.3 Å². The average Bonchev–Trinajstić information content (AvgIpc) is 3.44. The van der Waals surface area contributed by atoms with Gasteiger partial charge in [0.2, 0.25) is 0 Å². The molecule has 5 rings (SSSR count). The van der Waals surface area contributed by atoms with E-state index >= 15 is 0 Å². The van der Waals surface area contributed by atoms with Crippen molar-refractivity contribution in [1.29, 1.82) is 0 Å². The van der Waals surface area contributed by atoms with Crippen molar-refractivity contribution >= 4 is 56.1 Å². The van der Waals surface area contributed by atoms with Gasteiger partial charge in [-0.2, -0.15) is 5.10 Å². The first kappa shape index (κ1) is 26.7. The lowest BCUT2D eigenvalue weighted by Gasteiger charge is -2.45. The zero-order valence-electron chi connectivity index (χ0n) is 23.2. The molecule has 12 heteroatoms. The third-order valence-corrected chi connectivity index (χ3v) is 7.54. The number of aromatic nitrogens is 4. The number of carbonyl (C=O) groups is 2. The Bertz CT molecular complexity index is 1550. The number of rotatable bonds is 4. The maximum absolute atomic E-state index is 13.4. The second-order valence-corrected chi connectivity index (χ2v) is 11.8. The Kier molecular flexibility index (Phi) is 6.83. The molecule has 1 aliphatic rings. The molecule has 0 unspecified atom stereocenters. The molecular formula is C27H33N7O4S. The Hall–Kier alpha value is -3.93. The number of pyridine rings is 1. The van der Waals surface area contributed by atoms with Crippen LogP contribution >= 0.6 is 11.3 Å². The van der Waals surface area contributed by atoms with Crippen LogP contribution in [0, 0.1) is 0 Å². The smallest absolute Gasteiger partial charge is 0.410 e. The van der Waals surface area contributed by atoms with Crippen LogP contribution in [0.4, 0.5) is 16.3 Å². The molecule has 4 heterocycles. The number of anilines is 2. The van der Waals surface area contributed by atoms with Crippen LogP contribution in [0.1, 0.15) is 45.0 Å². The van der Waals surface area contributed by atoms with Gasteiger partial charge in [0.15, 0.2) is 0 Å². The highest BCUT2D eigenvalue weighted by molar-refractivity contribution is 7.21. The van der Waals surface area contributed by atoms with Crippen LogP contribution in [0.2, 0.25) is 0 Å². The SMILES string of the molecule is COc1nc2c(C(=O)Nc3ccc4nn(C)cc4n3)ccc(N3C[C@H](C)N(C(=O)OC(C)(C)C)[C@@H](C)C3)c2s1. The van der Waals surface area contributed by atoms with E-state index < -0.39 is 5.60 Å². The Morgan fingerprint density at radius 3 is 2.44 bits per heavy atom. The molecule has 1 saturated heterocycles. The minimum Gasteiger partial charge on any atom is -0.473 e. The fraction of sp³-hybridized carbons (Fsp3) is 0.444. The van der Waals surface area contributed by atoms with Crippen molar-refractivity contribution in [2.45, 2.75) is 52.3 Å². The molecule has 1 aromatic carbocycles. The number of ether oxygens (including phenoxy) is 2. The van der Waals surface area contributed by atoms with Gasteiger partial charge in [0.25, 0.3) is 11.1 Å². The maximum atomic E-state index is 13.4. The maximum Gasteiger partial charge on any atom is 0.410 e. The Labute approximate surface area is 230 Å². The predicted octanol–water partition coefficient (Wildman–Crippen LogP) is 4.67. The number of amides is 2. The van der Waals surface area contributed by atoms with E-state index in [0.29, 0.717) is 40.7 Å². The molecule has 4 aromatic rings. The molecule has 1 fully saturated rings. The molecule has 11 nitrogen and oxygen atoms in total. The largest absolute Gasteiger partial charge is 0.473 e. The third kappa shape index (κ3) is 5.33. The summed E-state index contributed by atoms with van der Waals surface area (Å²) in [5, 5.41) is 7.69. The number of fused-ring (bicyclic) bond motifs is 2. The molecule has 39 heavy (non-hydrogen) atoms. The third-order valence-electron chi connectivity index (χ3n) is 6.50. The molecule has 0 bridgehead atoms. The van der Waals surface area contributed by atoms with Gasteiger partial charge in [-0.15, -0.1) is 0 Å². The van der Waals surface area contributed by atoms with Crippen molar-refractivity contribution in [3.05, 3.63) is 36.0 Å². The van der Waals surface area contributed by atoms with Gasteiger partial charge in [-0.3, -0.25) is 14.4 Å². The molecule has 0 aliphatic carbocycles. The average molecular weight is 552 g/mol. The number of hydrogen-bond donors (Lipinski definition) is 1. The van der Waals surface area contributed by atoms with Crippen LogP contribution in [0.3, 0.4) is 0 Å². The van der Waals surface area contributed by atoms with Gasteiger partial charge < -0.3 is 19.7 Å². The first-order chi connectivity index (χ1) is 18.4. The number of carbonyl (C=O) groups excluding carboxylic acids is 2. The molecule has 0 radical (unpaired) electrons. The molecule has 206 valence electrons. The molecule has 0 saturated carbocycles. The minimum absolute atomic E-state index is 0.0788. The number of aryl methyl sites for hydroxylation is 1. The number of benzene rings is 1. The number of hydrogen-bond acceptors (Lipinski definition) is 9. The van der Waals surface area contributed by atoms with Gasteiger partial charge >= 0.3 is 6.09 Å². The van der Waals surface area contributed by atoms with E-state index in [4.69, 9.17) is 9.47 Å². The van der Waals surface area contributed by atoms with Crippen LogP contribution < -0.4 is 15.0 Å². The Balaban J connectivity index is 1.42. The predicted molar refractivity (Wildman–Crippen MR) is 152 cm³/mol. The minimum atomic E-state index is -0.561. The topological polar surface area (TPSA) is 115 Å². The van der Waals surface area contributed by atoms with Gasteiger partial charge in [0.05, 0.1) is 41.3 Å². The van der Waals surface area contributed by atoms with Gasteiger partial charge in [-0.1, -0.05) is 11.3 Å². The van der Waals surface area contributed by atoms with Crippen molar-refractivity contribution in [3.8, 4) is 5.19 Å². The molecule has 3 aromatic heterocycles. The zero-order chi connectivity index (χ0) is 28.1. The number of thiazole rings is 1. The lowest BCUT2D eigenvalue weighted by molar-refractivity contribution is 0.00567.